The summed E-state index contributed by atoms with van der Waals surface area (Å²) in [6.45, 7) is 0.459. The van der Waals surface area contributed by atoms with Crippen molar-refractivity contribution in [3.8, 4) is 0 Å². The van der Waals surface area contributed by atoms with Gasteiger partial charge in [-0.15, -0.1) is 0 Å². The van der Waals surface area contributed by atoms with E-state index in [0.717, 1.165) is 6.42 Å². The molecule has 0 radical (unpaired) electrons. The molecule has 1 heterocycles. The van der Waals surface area contributed by atoms with Crippen molar-refractivity contribution in [2.75, 3.05) is 6.54 Å². The average Bonchev–Trinajstić information content (AvgIpc) is 2.91. The van der Waals surface area contributed by atoms with Crippen LogP contribution in [0.5, 0.6) is 0 Å². The van der Waals surface area contributed by atoms with Gasteiger partial charge in [0.05, 0.1) is 10.5 Å². The molecule has 0 bridgehead atoms. The molecule has 0 unspecified atom stereocenters. The fourth-order valence-electron chi connectivity index (χ4n) is 3.24. The molecule has 0 saturated carbocycles. The topological polar surface area (TPSA) is 104 Å². The second kappa shape index (κ2) is 8.94. The average molecular weight is 437 g/mol. The molecule has 154 valence electrons. The number of carbonyl (C=O) groups excluding carboxylic acids is 1. The monoisotopic (exact) mass is 436 g/mol. The number of amides is 1. The Kier molecular flexibility index (Phi) is 6.56. The van der Waals surface area contributed by atoms with Crippen LogP contribution in [0.1, 0.15) is 35.2 Å². The van der Waals surface area contributed by atoms with E-state index in [1.54, 1.807) is 12.1 Å². The maximum absolute atomic E-state index is 13.4. The highest BCUT2D eigenvalue weighted by Crippen LogP contribution is 2.26. The molecule has 1 aliphatic heterocycles. The van der Waals surface area contributed by atoms with Gasteiger partial charge in [0.2, 0.25) is 15.9 Å². The number of hydrogen-bond donors (Lipinski definition) is 2. The summed E-state index contributed by atoms with van der Waals surface area (Å²) < 4.78 is 28.0. The summed E-state index contributed by atoms with van der Waals surface area (Å²) in [5.41, 5.74) is 0.692. The molecule has 0 aliphatic carbocycles. The van der Waals surface area contributed by atoms with Crippen molar-refractivity contribution in [3.05, 3.63) is 64.7 Å². The lowest BCUT2D eigenvalue weighted by Gasteiger charge is -2.29. The molecule has 7 nitrogen and oxygen atoms in total. The van der Waals surface area contributed by atoms with Crippen LogP contribution < -0.4 is 5.32 Å². The summed E-state index contributed by atoms with van der Waals surface area (Å²) in [6, 6.07) is 10.9. The van der Waals surface area contributed by atoms with Crippen LogP contribution in [0.15, 0.2) is 53.4 Å². The van der Waals surface area contributed by atoms with E-state index in [0.29, 0.717) is 30.0 Å². The first-order valence-electron chi connectivity index (χ1n) is 9.16. The predicted octanol–water partition coefficient (Wildman–Crippen LogP) is 2.90. The quantitative estimate of drug-likeness (QED) is 0.724. The zero-order valence-electron chi connectivity index (χ0n) is 15.5. The largest absolute Gasteiger partial charge is 0.478 e. The van der Waals surface area contributed by atoms with Gasteiger partial charge in [0.25, 0.3) is 0 Å². The highest BCUT2D eigenvalue weighted by molar-refractivity contribution is 7.89. The number of carboxylic acids is 1. The molecular formula is C20H21ClN2O5S. The highest BCUT2D eigenvalue weighted by atomic mass is 35.5. The smallest absolute Gasteiger partial charge is 0.335 e. The maximum atomic E-state index is 13.4. The number of nitrogens with zero attached hydrogens (tertiary/aromatic N) is 1. The van der Waals surface area contributed by atoms with Crippen molar-refractivity contribution in [1.82, 2.24) is 9.62 Å². The first-order valence-corrected chi connectivity index (χ1v) is 11.0. The highest BCUT2D eigenvalue weighted by Gasteiger charge is 2.36. The van der Waals surface area contributed by atoms with Crippen LogP contribution in [0, 0.1) is 0 Å². The zero-order valence-corrected chi connectivity index (χ0v) is 17.1. The lowest BCUT2D eigenvalue weighted by molar-refractivity contribution is -0.124. The minimum Gasteiger partial charge on any atom is -0.478 e. The van der Waals surface area contributed by atoms with Gasteiger partial charge in [0.15, 0.2) is 0 Å². The Labute approximate surface area is 174 Å². The van der Waals surface area contributed by atoms with Gasteiger partial charge in [-0.2, -0.15) is 4.31 Å². The van der Waals surface area contributed by atoms with Crippen molar-refractivity contribution in [1.29, 1.82) is 0 Å². The molecule has 1 saturated heterocycles. The Morgan fingerprint density at radius 2 is 1.76 bits per heavy atom. The molecule has 2 aromatic carbocycles. The molecule has 29 heavy (non-hydrogen) atoms. The first kappa shape index (κ1) is 21.3. The molecule has 1 aliphatic rings. The van der Waals surface area contributed by atoms with Crippen molar-refractivity contribution in [3.63, 3.8) is 0 Å². The van der Waals surface area contributed by atoms with Crippen LogP contribution >= 0.6 is 11.6 Å². The van der Waals surface area contributed by atoms with Gasteiger partial charge in [0, 0.05) is 18.1 Å². The number of benzene rings is 2. The summed E-state index contributed by atoms with van der Waals surface area (Å²) >= 11 is 5.88. The van der Waals surface area contributed by atoms with Crippen LogP contribution in [0.2, 0.25) is 5.02 Å². The van der Waals surface area contributed by atoms with E-state index in [2.05, 4.69) is 5.32 Å². The third-order valence-electron chi connectivity index (χ3n) is 4.81. The number of carboxylic acid groups (broad SMARTS) is 1. The Balaban J connectivity index is 1.99. The second-order valence-electron chi connectivity index (χ2n) is 6.81. The molecule has 3 rings (SSSR count). The Hall–Kier alpha value is -2.42. The zero-order chi connectivity index (χ0) is 21.0. The van der Waals surface area contributed by atoms with Crippen molar-refractivity contribution in [2.24, 2.45) is 0 Å². The number of sulfonamides is 1. The standard InChI is InChI=1S/C20H21ClN2O5S/c21-16-8-10-17(11-9-16)29(27,28)23(18-3-1-2-12-22-19(18)24)13-14-4-6-15(7-5-14)20(25)26/h4-11,18H,1-3,12-13H2,(H,22,24)(H,25,26)/t18-/m1/s1. The molecule has 2 N–H and O–H groups in total. The summed E-state index contributed by atoms with van der Waals surface area (Å²) in [5, 5.41) is 12.2. The minimum absolute atomic E-state index is 0.0427. The molecule has 1 fully saturated rings. The molecular weight excluding hydrogens is 416 g/mol. The van der Waals surface area contributed by atoms with Gasteiger partial charge in [-0.25, -0.2) is 13.2 Å². The first-order chi connectivity index (χ1) is 13.8. The number of nitrogens with one attached hydrogen (secondary N) is 1. The number of rotatable bonds is 6. The molecule has 1 atom stereocenters. The van der Waals surface area contributed by atoms with Crippen molar-refractivity contribution < 1.29 is 23.1 Å². The Bertz CT molecular complexity index is 991. The Morgan fingerprint density at radius 1 is 1.10 bits per heavy atom. The summed E-state index contributed by atoms with van der Waals surface area (Å²) in [5.74, 6) is -1.40. The van der Waals surface area contributed by atoms with Gasteiger partial charge in [-0.05, 0) is 61.2 Å². The van der Waals surface area contributed by atoms with E-state index in [-0.39, 0.29) is 22.9 Å². The third-order valence-corrected chi connectivity index (χ3v) is 6.93. The van der Waals surface area contributed by atoms with E-state index in [1.165, 1.54) is 40.7 Å². The maximum Gasteiger partial charge on any atom is 0.335 e. The van der Waals surface area contributed by atoms with Crippen LogP contribution in [-0.4, -0.2) is 42.3 Å². The van der Waals surface area contributed by atoms with Crippen LogP contribution in [-0.2, 0) is 21.4 Å². The lowest BCUT2D eigenvalue weighted by Crippen LogP contribution is -2.48. The molecule has 9 heteroatoms. The third kappa shape index (κ3) is 4.95. The van der Waals surface area contributed by atoms with Gasteiger partial charge in [0.1, 0.15) is 6.04 Å². The van der Waals surface area contributed by atoms with E-state index < -0.39 is 22.0 Å². The number of carbonyl (C=O) groups is 2. The van der Waals surface area contributed by atoms with E-state index in [1.807, 2.05) is 0 Å². The van der Waals surface area contributed by atoms with Gasteiger partial charge >= 0.3 is 5.97 Å². The van der Waals surface area contributed by atoms with Crippen molar-refractivity contribution >= 4 is 33.5 Å². The van der Waals surface area contributed by atoms with Crippen LogP contribution in [0.3, 0.4) is 0 Å². The number of hydrogen-bond acceptors (Lipinski definition) is 4. The fourth-order valence-corrected chi connectivity index (χ4v) is 4.97. The number of aromatic carboxylic acids is 1. The lowest BCUT2D eigenvalue weighted by atomic mass is 10.1. The molecule has 2 aromatic rings. The summed E-state index contributed by atoms with van der Waals surface area (Å²) in [4.78, 5) is 23.7. The minimum atomic E-state index is -3.99. The summed E-state index contributed by atoms with van der Waals surface area (Å²) in [7, 11) is -3.99. The van der Waals surface area contributed by atoms with E-state index >= 15 is 0 Å². The Morgan fingerprint density at radius 3 is 2.38 bits per heavy atom. The molecule has 0 aromatic heterocycles. The summed E-state index contributed by atoms with van der Waals surface area (Å²) in [6.07, 6.45) is 1.91. The van der Waals surface area contributed by atoms with Crippen LogP contribution in [0.25, 0.3) is 0 Å². The second-order valence-corrected chi connectivity index (χ2v) is 9.14. The van der Waals surface area contributed by atoms with Gasteiger partial charge < -0.3 is 10.4 Å². The van der Waals surface area contributed by atoms with Crippen LogP contribution in [0.4, 0.5) is 0 Å². The predicted molar refractivity (Wildman–Crippen MR) is 108 cm³/mol. The fraction of sp³-hybridized carbons (Fsp3) is 0.300. The van der Waals surface area contributed by atoms with Gasteiger partial charge in [-0.3, -0.25) is 4.79 Å². The van der Waals surface area contributed by atoms with E-state index in [4.69, 9.17) is 16.7 Å². The van der Waals surface area contributed by atoms with E-state index in [9.17, 15) is 18.0 Å². The molecule has 1 amide bonds. The van der Waals surface area contributed by atoms with Gasteiger partial charge in [-0.1, -0.05) is 23.7 Å². The van der Waals surface area contributed by atoms with Crippen molar-refractivity contribution in [2.45, 2.75) is 36.7 Å². The SMILES string of the molecule is O=C(O)c1ccc(CN([C@@H]2CCCCNC2=O)S(=O)(=O)c2ccc(Cl)cc2)cc1. The number of halogens is 1. The molecule has 0 spiro atoms. The normalized spacial score (nSPS) is 17.6.